The predicted octanol–water partition coefficient (Wildman–Crippen LogP) is 4.78. The fourth-order valence-electron chi connectivity index (χ4n) is 3.19. The van der Waals surface area contributed by atoms with Crippen molar-refractivity contribution in [2.24, 2.45) is 0 Å². The number of hydrogen-bond donors (Lipinski definition) is 2. The highest BCUT2D eigenvalue weighted by Gasteiger charge is 2.19. The molecule has 0 aliphatic rings. The van der Waals surface area contributed by atoms with Gasteiger partial charge in [0.25, 0.3) is 0 Å². The molecule has 0 fully saturated rings. The number of carbonyl (C=O) groups is 1. The SMILES string of the molecule is CC(C)c1cc(C(O)C#Cc2ccc(C(=O)O)cc2)cc(C(C)C)c1N(C)C. The number of aliphatic hydroxyl groups excluding tert-OH is 1. The Morgan fingerprint density at radius 3 is 1.86 bits per heavy atom. The summed E-state index contributed by atoms with van der Waals surface area (Å²) in [6.07, 6.45) is -0.912. The maximum atomic E-state index is 10.9. The maximum absolute atomic E-state index is 10.9. The summed E-state index contributed by atoms with van der Waals surface area (Å²) in [4.78, 5) is 13.1. The van der Waals surface area contributed by atoms with Gasteiger partial charge >= 0.3 is 5.97 Å². The molecule has 0 saturated carbocycles. The first-order valence-corrected chi connectivity index (χ1v) is 9.49. The van der Waals surface area contributed by atoms with E-state index in [1.807, 2.05) is 26.2 Å². The average Bonchev–Trinajstić information content (AvgIpc) is 2.64. The van der Waals surface area contributed by atoms with Gasteiger partial charge in [-0.1, -0.05) is 39.5 Å². The van der Waals surface area contributed by atoms with Crippen LogP contribution in [0.15, 0.2) is 36.4 Å². The van der Waals surface area contributed by atoms with Crippen molar-refractivity contribution in [3.05, 3.63) is 64.2 Å². The highest BCUT2D eigenvalue weighted by Crippen LogP contribution is 2.37. The molecule has 0 spiro atoms. The first-order valence-electron chi connectivity index (χ1n) is 9.49. The van der Waals surface area contributed by atoms with Gasteiger partial charge in [-0.15, -0.1) is 0 Å². The molecule has 148 valence electrons. The summed E-state index contributed by atoms with van der Waals surface area (Å²) >= 11 is 0. The van der Waals surface area contributed by atoms with E-state index < -0.39 is 12.1 Å². The topological polar surface area (TPSA) is 60.8 Å². The van der Waals surface area contributed by atoms with E-state index in [1.54, 1.807) is 12.1 Å². The molecule has 0 heterocycles. The van der Waals surface area contributed by atoms with E-state index in [4.69, 9.17) is 5.11 Å². The first kappa shape index (κ1) is 21.5. The highest BCUT2D eigenvalue weighted by atomic mass is 16.4. The monoisotopic (exact) mass is 379 g/mol. The minimum atomic E-state index is -0.969. The Morgan fingerprint density at radius 2 is 1.46 bits per heavy atom. The van der Waals surface area contributed by atoms with Crippen LogP contribution in [0.3, 0.4) is 0 Å². The number of hydrogen-bond acceptors (Lipinski definition) is 3. The van der Waals surface area contributed by atoms with E-state index in [-0.39, 0.29) is 5.56 Å². The van der Waals surface area contributed by atoms with E-state index in [9.17, 15) is 9.90 Å². The summed E-state index contributed by atoms with van der Waals surface area (Å²) in [6, 6.07) is 10.4. The molecule has 1 unspecified atom stereocenters. The van der Waals surface area contributed by atoms with Gasteiger partial charge in [0.05, 0.1) is 5.56 Å². The maximum Gasteiger partial charge on any atom is 0.335 e. The van der Waals surface area contributed by atoms with Crippen molar-refractivity contribution in [2.75, 3.05) is 19.0 Å². The Balaban J connectivity index is 2.43. The summed E-state index contributed by atoms with van der Waals surface area (Å²) < 4.78 is 0. The zero-order valence-corrected chi connectivity index (χ0v) is 17.4. The molecule has 2 rings (SSSR count). The third-order valence-corrected chi connectivity index (χ3v) is 4.68. The summed E-state index contributed by atoms with van der Waals surface area (Å²) in [5, 5.41) is 19.7. The van der Waals surface area contributed by atoms with Crippen LogP contribution in [0.4, 0.5) is 5.69 Å². The number of aliphatic hydroxyl groups is 1. The van der Waals surface area contributed by atoms with Gasteiger partial charge in [-0.2, -0.15) is 0 Å². The molecule has 4 nitrogen and oxygen atoms in total. The van der Waals surface area contributed by atoms with E-state index in [1.165, 1.54) is 28.9 Å². The molecule has 0 amide bonds. The summed E-state index contributed by atoms with van der Waals surface area (Å²) in [6.45, 7) is 8.60. The molecular formula is C24H29NO3. The van der Waals surface area contributed by atoms with Crippen molar-refractivity contribution in [3.8, 4) is 11.8 Å². The number of carboxylic acid groups (broad SMARTS) is 1. The molecule has 2 aromatic carbocycles. The number of aromatic carboxylic acids is 1. The van der Waals surface area contributed by atoms with Crippen LogP contribution in [0.1, 0.15) is 78.2 Å². The second-order valence-electron chi connectivity index (χ2n) is 7.81. The van der Waals surface area contributed by atoms with E-state index in [0.29, 0.717) is 17.4 Å². The van der Waals surface area contributed by atoms with Crippen LogP contribution >= 0.6 is 0 Å². The van der Waals surface area contributed by atoms with Gasteiger partial charge in [0.2, 0.25) is 0 Å². The molecule has 4 heteroatoms. The Labute approximate surface area is 167 Å². The van der Waals surface area contributed by atoms with Crippen molar-refractivity contribution < 1.29 is 15.0 Å². The average molecular weight is 380 g/mol. The molecule has 0 aliphatic heterocycles. The predicted molar refractivity (Wildman–Crippen MR) is 114 cm³/mol. The third kappa shape index (κ3) is 4.94. The number of anilines is 1. The number of benzene rings is 2. The summed E-state index contributed by atoms with van der Waals surface area (Å²) in [5.41, 5.74) is 5.26. The third-order valence-electron chi connectivity index (χ3n) is 4.68. The molecule has 1 atom stereocenters. The largest absolute Gasteiger partial charge is 0.478 e. The minimum Gasteiger partial charge on any atom is -0.478 e. The van der Waals surface area contributed by atoms with Crippen molar-refractivity contribution in [1.29, 1.82) is 0 Å². The zero-order chi connectivity index (χ0) is 21.0. The Kier molecular flexibility index (Phi) is 6.88. The lowest BCUT2D eigenvalue weighted by Crippen LogP contribution is -2.16. The number of rotatable bonds is 5. The van der Waals surface area contributed by atoms with Gasteiger partial charge in [0, 0.05) is 25.3 Å². The lowest BCUT2D eigenvalue weighted by Gasteiger charge is -2.27. The molecular weight excluding hydrogens is 350 g/mol. The fourth-order valence-corrected chi connectivity index (χ4v) is 3.19. The number of carboxylic acids is 1. The first-order chi connectivity index (χ1) is 13.1. The molecule has 2 N–H and O–H groups in total. The van der Waals surface area contributed by atoms with E-state index in [2.05, 4.69) is 44.4 Å². The van der Waals surface area contributed by atoms with Crippen LogP contribution in [0.2, 0.25) is 0 Å². The van der Waals surface area contributed by atoms with Gasteiger partial charge in [-0.05, 0) is 64.9 Å². The van der Waals surface area contributed by atoms with Crippen LogP contribution in [0.5, 0.6) is 0 Å². The van der Waals surface area contributed by atoms with Crippen LogP contribution in [-0.4, -0.2) is 30.3 Å². The second kappa shape index (κ2) is 8.95. The van der Waals surface area contributed by atoms with Gasteiger partial charge < -0.3 is 15.1 Å². The van der Waals surface area contributed by atoms with Crippen LogP contribution in [0.25, 0.3) is 0 Å². The van der Waals surface area contributed by atoms with Gasteiger partial charge in [-0.25, -0.2) is 4.79 Å². The minimum absolute atomic E-state index is 0.216. The van der Waals surface area contributed by atoms with Crippen LogP contribution in [-0.2, 0) is 0 Å². The molecule has 0 saturated heterocycles. The molecule has 0 aliphatic carbocycles. The Morgan fingerprint density at radius 1 is 0.964 bits per heavy atom. The van der Waals surface area contributed by atoms with Crippen molar-refractivity contribution in [1.82, 2.24) is 0 Å². The standard InChI is InChI=1S/C24H29NO3/c1-15(2)20-13-19(14-21(16(3)4)23(20)25(5)6)22(26)12-9-17-7-10-18(11-8-17)24(27)28/h7-8,10-11,13-16,22,26H,1-6H3,(H,27,28). The zero-order valence-electron chi connectivity index (χ0n) is 17.4. The molecule has 28 heavy (non-hydrogen) atoms. The van der Waals surface area contributed by atoms with E-state index in [0.717, 1.165) is 5.56 Å². The van der Waals surface area contributed by atoms with Crippen molar-refractivity contribution in [3.63, 3.8) is 0 Å². The Hall–Kier alpha value is -2.77. The molecule has 2 aromatic rings. The molecule has 0 radical (unpaired) electrons. The second-order valence-corrected chi connectivity index (χ2v) is 7.81. The Bertz CT molecular complexity index is 871. The molecule has 0 aromatic heterocycles. The van der Waals surface area contributed by atoms with Crippen LogP contribution in [0, 0.1) is 11.8 Å². The van der Waals surface area contributed by atoms with Gasteiger partial charge in [0.15, 0.2) is 0 Å². The normalized spacial score (nSPS) is 11.9. The fraction of sp³-hybridized carbons (Fsp3) is 0.375. The van der Waals surface area contributed by atoms with Gasteiger partial charge in [-0.3, -0.25) is 0 Å². The van der Waals surface area contributed by atoms with Crippen molar-refractivity contribution >= 4 is 11.7 Å². The lowest BCUT2D eigenvalue weighted by molar-refractivity contribution is 0.0697. The quantitative estimate of drug-likeness (QED) is 0.734. The van der Waals surface area contributed by atoms with E-state index >= 15 is 0 Å². The van der Waals surface area contributed by atoms with Crippen LogP contribution < -0.4 is 4.90 Å². The molecule has 0 bridgehead atoms. The van der Waals surface area contributed by atoms with Gasteiger partial charge in [0.1, 0.15) is 6.10 Å². The summed E-state index contributed by atoms with van der Waals surface area (Å²) in [5.74, 6) is 5.50. The summed E-state index contributed by atoms with van der Waals surface area (Å²) in [7, 11) is 4.09. The smallest absolute Gasteiger partial charge is 0.335 e. The lowest BCUT2D eigenvalue weighted by atomic mass is 9.88. The highest BCUT2D eigenvalue weighted by molar-refractivity contribution is 5.87. The number of nitrogens with zero attached hydrogens (tertiary/aromatic N) is 1. The van der Waals surface area contributed by atoms with Crippen molar-refractivity contribution in [2.45, 2.75) is 45.6 Å².